The molecule has 1 aromatic heterocycles. The van der Waals surface area contributed by atoms with Gasteiger partial charge in [-0.1, -0.05) is 0 Å². The zero-order chi connectivity index (χ0) is 21.3. The molecule has 9 nitrogen and oxygen atoms in total. The molecule has 29 heavy (non-hydrogen) atoms. The SMILES string of the molecule is COC(=O)c1cc(OC)c(N2CCN(C(=O)OC(C)(C)C)CC2)c2cn(C)nc12. The number of hydrogen-bond donors (Lipinski definition) is 0. The Bertz CT molecular complexity index is 923. The minimum atomic E-state index is -0.525. The summed E-state index contributed by atoms with van der Waals surface area (Å²) in [6.07, 6.45) is 1.55. The highest BCUT2D eigenvalue weighted by Crippen LogP contribution is 2.39. The normalized spacial score (nSPS) is 14.8. The predicted molar refractivity (Wildman–Crippen MR) is 109 cm³/mol. The minimum Gasteiger partial charge on any atom is -0.495 e. The number of esters is 1. The lowest BCUT2D eigenvalue weighted by Gasteiger charge is -2.37. The van der Waals surface area contributed by atoms with Crippen LogP contribution in [0.15, 0.2) is 12.3 Å². The van der Waals surface area contributed by atoms with Crippen molar-refractivity contribution in [2.45, 2.75) is 26.4 Å². The number of nitrogens with zero attached hydrogens (tertiary/aromatic N) is 4. The maximum atomic E-state index is 12.3. The van der Waals surface area contributed by atoms with Crippen molar-refractivity contribution in [3.8, 4) is 5.75 Å². The Morgan fingerprint density at radius 3 is 2.31 bits per heavy atom. The first kappa shape index (κ1) is 20.8. The van der Waals surface area contributed by atoms with Crippen LogP contribution in [0.2, 0.25) is 0 Å². The number of anilines is 1. The molecule has 0 unspecified atom stereocenters. The second-order valence-electron chi connectivity index (χ2n) is 7.99. The predicted octanol–water partition coefficient (Wildman–Crippen LogP) is 2.43. The third-order valence-electron chi connectivity index (χ3n) is 4.72. The molecule has 158 valence electrons. The fraction of sp³-hybridized carbons (Fsp3) is 0.550. The number of hydrogen-bond acceptors (Lipinski definition) is 7. The van der Waals surface area contributed by atoms with Crippen LogP contribution in [0, 0.1) is 0 Å². The van der Waals surface area contributed by atoms with E-state index in [1.54, 1.807) is 29.8 Å². The molecule has 2 aromatic rings. The highest BCUT2D eigenvalue weighted by molar-refractivity contribution is 6.08. The smallest absolute Gasteiger partial charge is 0.410 e. The molecule has 0 bridgehead atoms. The number of ether oxygens (including phenoxy) is 3. The van der Waals surface area contributed by atoms with E-state index >= 15 is 0 Å². The summed E-state index contributed by atoms with van der Waals surface area (Å²) in [6, 6.07) is 1.66. The summed E-state index contributed by atoms with van der Waals surface area (Å²) >= 11 is 0. The van der Waals surface area contributed by atoms with Crippen molar-refractivity contribution in [3.05, 3.63) is 17.8 Å². The molecule has 0 N–H and O–H groups in total. The van der Waals surface area contributed by atoms with E-state index in [0.717, 1.165) is 11.1 Å². The highest BCUT2D eigenvalue weighted by Gasteiger charge is 2.29. The van der Waals surface area contributed by atoms with E-state index < -0.39 is 11.6 Å². The lowest BCUT2D eigenvalue weighted by atomic mass is 10.1. The van der Waals surface area contributed by atoms with Crippen molar-refractivity contribution >= 4 is 28.7 Å². The minimum absolute atomic E-state index is 0.309. The van der Waals surface area contributed by atoms with Crippen LogP contribution in [0.4, 0.5) is 10.5 Å². The maximum absolute atomic E-state index is 12.3. The number of benzene rings is 1. The van der Waals surface area contributed by atoms with E-state index in [0.29, 0.717) is 43.0 Å². The van der Waals surface area contributed by atoms with E-state index in [1.165, 1.54) is 7.11 Å². The molecular weight excluding hydrogens is 376 g/mol. The second-order valence-corrected chi connectivity index (χ2v) is 7.99. The van der Waals surface area contributed by atoms with Crippen LogP contribution in [0.5, 0.6) is 5.75 Å². The number of methoxy groups -OCH3 is 2. The number of rotatable bonds is 3. The Hall–Kier alpha value is -2.97. The van der Waals surface area contributed by atoms with Gasteiger partial charge in [-0.3, -0.25) is 4.68 Å². The zero-order valence-corrected chi connectivity index (χ0v) is 17.8. The van der Waals surface area contributed by atoms with Crippen molar-refractivity contribution in [2.75, 3.05) is 45.3 Å². The van der Waals surface area contributed by atoms with Crippen LogP contribution in [0.1, 0.15) is 31.1 Å². The number of amides is 1. The summed E-state index contributed by atoms with van der Waals surface area (Å²) in [7, 11) is 4.71. The van der Waals surface area contributed by atoms with Crippen LogP contribution in [-0.4, -0.2) is 72.7 Å². The molecule has 2 heterocycles. The lowest BCUT2D eigenvalue weighted by molar-refractivity contribution is 0.0240. The van der Waals surface area contributed by atoms with Gasteiger partial charge in [0.1, 0.15) is 16.9 Å². The highest BCUT2D eigenvalue weighted by atomic mass is 16.6. The van der Waals surface area contributed by atoms with Crippen LogP contribution in [-0.2, 0) is 16.5 Å². The van der Waals surface area contributed by atoms with E-state index in [-0.39, 0.29) is 6.09 Å². The van der Waals surface area contributed by atoms with Crippen LogP contribution in [0.3, 0.4) is 0 Å². The van der Waals surface area contributed by atoms with Gasteiger partial charge in [0.25, 0.3) is 0 Å². The van der Waals surface area contributed by atoms with Crippen LogP contribution < -0.4 is 9.64 Å². The van der Waals surface area contributed by atoms with E-state index in [2.05, 4.69) is 10.00 Å². The summed E-state index contributed by atoms with van der Waals surface area (Å²) in [6.45, 7) is 7.83. The number of aryl methyl sites for hydroxylation is 1. The van der Waals surface area contributed by atoms with Gasteiger partial charge in [-0.05, 0) is 26.8 Å². The fourth-order valence-electron chi connectivity index (χ4n) is 3.45. The molecule has 9 heteroatoms. The van der Waals surface area contributed by atoms with Gasteiger partial charge < -0.3 is 24.0 Å². The average molecular weight is 404 g/mol. The summed E-state index contributed by atoms with van der Waals surface area (Å²) < 4.78 is 17.6. The Morgan fingerprint density at radius 2 is 1.76 bits per heavy atom. The molecule has 1 fully saturated rings. The second kappa shape index (κ2) is 7.81. The summed E-state index contributed by atoms with van der Waals surface area (Å²) in [4.78, 5) is 28.4. The standard InChI is InChI=1S/C20H28N4O5/c1-20(2,3)29-19(26)24-9-7-23(8-10-24)17-14-12-22(4)21-16(14)13(18(25)28-6)11-15(17)27-5/h11-12H,7-10H2,1-6H3. The van der Waals surface area contributed by atoms with Crippen molar-refractivity contribution in [1.82, 2.24) is 14.7 Å². The average Bonchev–Trinajstić information content (AvgIpc) is 3.05. The van der Waals surface area contributed by atoms with Crippen molar-refractivity contribution < 1.29 is 23.8 Å². The molecular formula is C20H28N4O5. The largest absolute Gasteiger partial charge is 0.495 e. The first-order valence-corrected chi connectivity index (χ1v) is 9.50. The van der Waals surface area contributed by atoms with Gasteiger partial charge in [0, 0.05) is 44.8 Å². The number of aromatic nitrogens is 2. The van der Waals surface area contributed by atoms with Gasteiger partial charge in [0.05, 0.1) is 25.5 Å². The Balaban J connectivity index is 1.91. The molecule has 0 saturated carbocycles. The Labute approximate surface area is 170 Å². The van der Waals surface area contributed by atoms with Crippen LogP contribution >= 0.6 is 0 Å². The molecule has 1 aromatic carbocycles. The topological polar surface area (TPSA) is 86.1 Å². The molecule has 1 saturated heterocycles. The molecule has 1 aliphatic rings. The third-order valence-corrected chi connectivity index (χ3v) is 4.72. The molecule has 0 radical (unpaired) electrons. The number of fused-ring (bicyclic) bond motifs is 1. The summed E-state index contributed by atoms with van der Waals surface area (Å²) in [5.41, 5.74) is 1.25. The quantitative estimate of drug-likeness (QED) is 0.726. The lowest BCUT2D eigenvalue weighted by Crippen LogP contribution is -2.50. The molecule has 0 aliphatic carbocycles. The monoisotopic (exact) mass is 404 g/mol. The molecule has 1 amide bonds. The summed E-state index contributed by atoms with van der Waals surface area (Å²) in [5.74, 6) is 0.102. The van der Waals surface area contributed by atoms with Gasteiger partial charge in [0.2, 0.25) is 0 Å². The van der Waals surface area contributed by atoms with Gasteiger partial charge in [-0.25, -0.2) is 9.59 Å². The number of piperazine rings is 1. The van der Waals surface area contributed by atoms with Gasteiger partial charge in [-0.15, -0.1) is 0 Å². The number of carbonyl (C=O) groups excluding carboxylic acids is 2. The van der Waals surface area contributed by atoms with Gasteiger partial charge in [0.15, 0.2) is 0 Å². The first-order valence-electron chi connectivity index (χ1n) is 9.50. The Kier molecular flexibility index (Phi) is 5.59. The van der Waals surface area contributed by atoms with Crippen molar-refractivity contribution in [1.29, 1.82) is 0 Å². The van der Waals surface area contributed by atoms with E-state index in [1.807, 2.05) is 27.0 Å². The van der Waals surface area contributed by atoms with E-state index in [9.17, 15) is 9.59 Å². The van der Waals surface area contributed by atoms with Crippen LogP contribution in [0.25, 0.3) is 10.9 Å². The van der Waals surface area contributed by atoms with Crippen molar-refractivity contribution in [3.63, 3.8) is 0 Å². The Morgan fingerprint density at radius 1 is 1.10 bits per heavy atom. The van der Waals surface area contributed by atoms with Gasteiger partial charge >= 0.3 is 12.1 Å². The summed E-state index contributed by atoms with van der Waals surface area (Å²) in [5, 5.41) is 5.25. The molecule has 0 spiro atoms. The number of carbonyl (C=O) groups is 2. The maximum Gasteiger partial charge on any atom is 0.410 e. The molecule has 3 rings (SSSR count). The molecule has 1 aliphatic heterocycles. The zero-order valence-electron chi connectivity index (χ0n) is 17.8. The van der Waals surface area contributed by atoms with Gasteiger partial charge in [-0.2, -0.15) is 5.10 Å². The first-order chi connectivity index (χ1) is 13.6. The van der Waals surface area contributed by atoms with E-state index in [4.69, 9.17) is 14.2 Å². The molecule has 0 atom stereocenters. The van der Waals surface area contributed by atoms with Crippen molar-refractivity contribution in [2.24, 2.45) is 7.05 Å². The fourth-order valence-corrected chi connectivity index (χ4v) is 3.45. The third kappa shape index (κ3) is 4.23.